The minimum Gasteiger partial charge on any atom is -0.508 e. The second-order valence-electron chi connectivity index (χ2n) is 12.1. The third-order valence-electron chi connectivity index (χ3n) is 8.14. The van der Waals surface area contributed by atoms with Crippen LogP contribution in [-0.2, 0) is 42.9 Å². The number of nitrogens with one attached hydrogen (secondary N) is 5. The molecule has 1 aromatic heterocycles. The molecule has 5 amide bonds. The Morgan fingerprint density at radius 1 is 0.736 bits per heavy atom. The van der Waals surface area contributed by atoms with Crippen LogP contribution in [0.15, 0.2) is 136 Å². The highest BCUT2D eigenvalue weighted by molar-refractivity contribution is 7.97. The van der Waals surface area contributed by atoms with Gasteiger partial charge in [-0.3, -0.25) is 24.0 Å². The van der Waals surface area contributed by atoms with Crippen molar-refractivity contribution in [3.8, 4) is 5.75 Å². The van der Waals surface area contributed by atoms with Gasteiger partial charge in [-0.15, -0.1) is 0 Å². The number of phenolic OH excluding ortho intramolecular Hbond substituents is 1. The number of H-pyrrole nitrogens is 1. The van der Waals surface area contributed by atoms with Gasteiger partial charge in [-0.25, -0.2) is 4.98 Å². The fourth-order valence-corrected chi connectivity index (χ4v) is 7.45. The molecule has 0 aliphatic carbocycles. The molecule has 8 N–H and O–H groups in total. The molecule has 0 aliphatic rings. The van der Waals surface area contributed by atoms with Gasteiger partial charge in [0.2, 0.25) is 23.6 Å². The summed E-state index contributed by atoms with van der Waals surface area (Å²) in [6.07, 6.45) is 3.00. The van der Waals surface area contributed by atoms with Gasteiger partial charge in [0.05, 0.1) is 23.8 Å². The van der Waals surface area contributed by atoms with Gasteiger partial charge in [-0.05, 0) is 73.2 Å². The molecular formula is C39H40N7O6S+. The average Bonchev–Trinajstić information content (AvgIpc) is 3.68. The van der Waals surface area contributed by atoms with Gasteiger partial charge in [0, 0.05) is 30.3 Å². The zero-order valence-electron chi connectivity index (χ0n) is 28.8. The summed E-state index contributed by atoms with van der Waals surface area (Å²) >= 11 is 0. The monoisotopic (exact) mass is 734 g/mol. The number of nitrogens with zero attached hydrogens (tertiary/aromatic N) is 1. The molecule has 3 atom stereocenters. The lowest BCUT2D eigenvalue weighted by molar-refractivity contribution is -0.132. The van der Waals surface area contributed by atoms with E-state index >= 15 is 0 Å². The molecule has 0 unspecified atom stereocenters. The molecule has 1 heterocycles. The quantitative estimate of drug-likeness (QED) is 0.0753. The van der Waals surface area contributed by atoms with Crippen molar-refractivity contribution in [2.24, 2.45) is 5.73 Å². The minimum absolute atomic E-state index is 0.0100. The first-order valence-electron chi connectivity index (χ1n) is 16.7. The number of imidazole rings is 1. The highest BCUT2D eigenvalue weighted by atomic mass is 32.2. The van der Waals surface area contributed by atoms with Crippen LogP contribution < -0.4 is 27.0 Å². The second-order valence-corrected chi connectivity index (χ2v) is 14.1. The summed E-state index contributed by atoms with van der Waals surface area (Å²) in [6, 6.07) is 30.2. The lowest BCUT2D eigenvalue weighted by Crippen LogP contribution is -2.56. The van der Waals surface area contributed by atoms with E-state index in [1.54, 1.807) is 24.3 Å². The number of primary amides is 1. The second kappa shape index (κ2) is 18.2. The van der Waals surface area contributed by atoms with Gasteiger partial charge in [-0.2, -0.15) is 0 Å². The fraction of sp³-hybridized carbons (Fsp3) is 0.179. The van der Waals surface area contributed by atoms with Crippen LogP contribution in [-0.4, -0.2) is 69.3 Å². The Balaban J connectivity index is 1.21. The van der Waals surface area contributed by atoms with Crippen molar-refractivity contribution in [2.45, 2.75) is 52.6 Å². The summed E-state index contributed by atoms with van der Waals surface area (Å²) in [7, 11) is -0.393. The number of nitrogens with two attached hydrogens (primary N) is 1. The zero-order valence-corrected chi connectivity index (χ0v) is 29.6. The molecule has 13 nitrogen and oxygen atoms in total. The van der Waals surface area contributed by atoms with Crippen LogP contribution >= 0.6 is 0 Å². The first-order valence-corrected chi connectivity index (χ1v) is 18.0. The maximum Gasteiger partial charge on any atom is 0.251 e. The molecule has 4 aromatic carbocycles. The summed E-state index contributed by atoms with van der Waals surface area (Å²) < 4.78 is 0. The van der Waals surface area contributed by atoms with Crippen molar-refractivity contribution in [3.05, 3.63) is 139 Å². The highest BCUT2D eigenvalue weighted by Gasteiger charge is 2.29. The summed E-state index contributed by atoms with van der Waals surface area (Å²) in [5.41, 5.74) is 7.02. The van der Waals surface area contributed by atoms with Gasteiger partial charge >= 0.3 is 0 Å². The van der Waals surface area contributed by atoms with E-state index in [0.29, 0.717) is 16.8 Å². The van der Waals surface area contributed by atoms with E-state index in [2.05, 4.69) is 55.5 Å². The summed E-state index contributed by atoms with van der Waals surface area (Å²) in [5.74, 6) is -3.23. The Labute approximate surface area is 309 Å². The third kappa shape index (κ3) is 10.8. The van der Waals surface area contributed by atoms with Crippen LogP contribution in [0.25, 0.3) is 0 Å². The number of phenols is 1. The maximum absolute atomic E-state index is 13.4. The predicted octanol–water partition coefficient (Wildman–Crippen LogP) is 2.39. The number of aromatic hydroxyl groups is 1. The van der Waals surface area contributed by atoms with Gasteiger partial charge in [0.1, 0.15) is 23.9 Å². The van der Waals surface area contributed by atoms with Crippen LogP contribution in [0.5, 0.6) is 5.75 Å². The summed E-state index contributed by atoms with van der Waals surface area (Å²) in [6.45, 7) is 0.997. The average molecular weight is 735 g/mol. The van der Waals surface area contributed by atoms with Gasteiger partial charge in [0.15, 0.2) is 14.7 Å². The van der Waals surface area contributed by atoms with Gasteiger partial charge in [0.25, 0.3) is 5.91 Å². The van der Waals surface area contributed by atoms with Gasteiger partial charge in [-0.1, -0.05) is 48.5 Å². The SMILES string of the molecule is C[C@H](NC(=O)[C@H](Cc1ccc(O)cc1)NC(=O)CNC(=O)c1ccc([S+](c2ccccc2)c2ccccc2)cc1)C(=O)N[C@@H](Cc1cnc[nH]1)C(N)=O. The van der Waals surface area contributed by atoms with Crippen molar-refractivity contribution < 1.29 is 29.1 Å². The number of aromatic amines is 1. The molecule has 0 spiro atoms. The topological polar surface area (TPSA) is 208 Å². The first kappa shape index (κ1) is 37.8. The first-order chi connectivity index (χ1) is 25.6. The number of carbonyl (C=O) groups is 5. The molecule has 0 saturated carbocycles. The number of benzene rings is 4. The molecule has 0 fully saturated rings. The standard InChI is InChI=1S/C39H39N7O6S/c1-25(37(50)46-33(36(40)49)21-28-22-41-24-43-28)44-39(52)34(20-26-12-16-29(47)17-13-26)45-35(48)23-42-38(51)27-14-18-32(19-15-27)53(30-8-4-2-5-9-30)31-10-6-3-7-11-31/h2-19,22,24-25,33-34H,20-21,23H2,1H3,(H7-,40,41,42,43,44,45,46,47,48,49,50,51,52)/p+1/t25-,33-,34-/m0/s1. The molecule has 5 rings (SSSR count). The van der Waals surface area contributed by atoms with Crippen molar-refractivity contribution in [1.82, 2.24) is 31.2 Å². The molecule has 0 radical (unpaired) electrons. The van der Waals surface area contributed by atoms with Crippen LogP contribution in [0.1, 0.15) is 28.5 Å². The van der Waals surface area contributed by atoms with Crippen LogP contribution in [0.4, 0.5) is 0 Å². The van der Waals surface area contributed by atoms with Crippen molar-refractivity contribution in [3.63, 3.8) is 0 Å². The largest absolute Gasteiger partial charge is 0.508 e. The molecule has 14 heteroatoms. The number of aromatic nitrogens is 2. The van der Waals surface area contributed by atoms with E-state index in [4.69, 9.17) is 5.73 Å². The van der Waals surface area contributed by atoms with E-state index < -0.39 is 65.1 Å². The van der Waals surface area contributed by atoms with Crippen LogP contribution in [0.2, 0.25) is 0 Å². The Bertz CT molecular complexity index is 1950. The maximum atomic E-state index is 13.4. The zero-order chi connectivity index (χ0) is 37.7. The lowest BCUT2D eigenvalue weighted by Gasteiger charge is -2.23. The van der Waals surface area contributed by atoms with E-state index in [-0.39, 0.29) is 18.6 Å². The Morgan fingerprint density at radius 3 is 1.91 bits per heavy atom. The molecule has 53 heavy (non-hydrogen) atoms. The number of hydrogen-bond acceptors (Lipinski definition) is 7. The van der Waals surface area contributed by atoms with Gasteiger partial charge < -0.3 is 37.1 Å². The van der Waals surface area contributed by atoms with E-state index in [1.807, 2.05) is 48.5 Å². The van der Waals surface area contributed by atoms with Crippen molar-refractivity contribution >= 4 is 40.4 Å². The number of rotatable bonds is 16. The van der Waals surface area contributed by atoms with E-state index in [9.17, 15) is 29.1 Å². The molecular weight excluding hydrogens is 695 g/mol. The number of hydrogen-bond donors (Lipinski definition) is 7. The fourth-order valence-electron chi connectivity index (χ4n) is 5.36. The molecule has 0 aliphatic heterocycles. The molecule has 272 valence electrons. The number of carbonyl (C=O) groups excluding carboxylic acids is 5. The molecule has 0 bridgehead atoms. The summed E-state index contributed by atoms with van der Waals surface area (Å²) in [4.78, 5) is 74.6. The third-order valence-corrected chi connectivity index (χ3v) is 10.4. The number of amides is 5. The predicted molar refractivity (Wildman–Crippen MR) is 199 cm³/mol. The highest BCUT2D eigenvalue weighted by Crippen LogP contribution is 2.31. The lowest BCUT2D eigenvalue weighted by atomic mass is 10.0. The Hall–Kier alpha value is -6.41. The Kier molecular flexibility index (Phi) is 13.0. The van der Waals surface area contributed by atoms with Crippen molar-refractivity contribution in [1.29, 1.82) is 0 Å². The van der Waals surface area contributed by atoms with Crippen LogP contribution in [0, 0.1) is 0 Å². The Morgan fingerprint density at radius 2 is 1.34 bits per heavy atom. The molecule has 5 aromatic rings. The van der Waals surface area contributed by atoms with E-state index in [1.165, 1.54) is 31.6 Å². The summed E-state index contributed by atoms with van der Waals surface area (Å²) in [5, 5.41) is 20.1. The van der Waals surface area contributed by atoms with Crippen molar-refractivity contribution in [2.75, 3.05) is 6.54 Å². The normalized spacial score (nSPS) is 12.6. The molecule has 0 saturated heterocycles. The van der Waals surface area contributed by atoms with E-state index in [0.717, 1.165) is 14.7 Å². The minimum atomic E-state index is -1.16. The van der Waals surface area contributed by atoms with Crippen LogP contribution in [0.3, 0.4) is 0 Å². The smallest absolute Gasteiger partial charge is 0.251 e.